The molecule has 0 aliphatic heterocycles. The molecular weight excluding hydrogens is 529 g/mol. The molecule has 0 aliphatic rings. The Morgan fingerprint density at radius 1 is 0.343 bits per heavy atom. The third-order valence-electron chi connectivity index (χ3n) is 2.30. The van der Waals surface area contributed by atoms with Crippen molar-refractivity contribution in [2.45, 2.75) is 160 Å². The number of hydrogen-bond acceptors (Lipinski definition) is 8. The average Bonchev–Trinajstić information content (AvgIpc) is 2.49. The summed E-state index contributed by atoms with van der Waals surface area (Å²) in [5.41, 5.74) is 0. The van der Waals surface area contributed by atoms with Gasteiger partial charge in [0.2, 0.25) is 0 Å². The van der Waals surface area contributed by atoms with E-state index in [1.807, 2.05) is 83.1 Å². The van der Waals surface area contributed by atoms with Crippen LogP contribution in [-0.4, -0.2) is 89.3 Å². The predicted octanol–water partition coefficient (Wildman–Crippen LogP) is 5.26. The fourth-order valence-corrected chi connectivity index (χ4v) is 4.58. The van der Waals surface area contributed by atoms with Crippen molar-refractivity contribution in [2.75, 3.05) is 0 Å². The minimum Gasteiger partial charge on any atom is -0.452 e. The third kappa shape index (κ3) is 61.1. The molecule has 0 aromatic rings. The monoisotopic (exact) mass is 587 g/mol. The van der Waals surface area contributed by atoms with Gasteiger partial charge in [-0.25, -0.2) is 0 Å². The molecule has 35 heavy (non-hydrogen) atoms. The van der Waals surface area contributed by atoms with E-state index in [9.17, 15) is 0 Å². The van der Waals surface area contributed by atoms with Crippen LogP contribution in [0.5, 0.6) is 0 Å². The van der Waals surface area contributed by atoms with Crippen LogP contribution < -0.4 is 0 Å². The van der Waals surface area contributed by atoms with E-state index in [0.29, 0.717) is 0 Å². The molecule has 0 saturated carbocycles. The summed E-state index contributed by atoms with van der Waals surface area (Å²) in [7, 11) is 0. The van der Waals surface area contributed by atoms with Crippen LogP contribution in [0.4, 0.5) is 0 Å². The standard InChI is InChI=1S/2C3H8O.6C3H7O.2Al.Co/c8*1-3(2)4;;;/h2*3-4H,1-2H3;6*3H,1-2H3;;;/q;;6*-1;2*+3;. The van der Waals surface area contributed by atoms with Crippen molar-refractivity contribution in [3.8, 4) is 0 Å². The summed E-state index contributed by atoms with van der Waals surface area (Å²) < 4.78 is 33.4. The predicted molar refractivity (Wildman–Crippen MR) is 144 cm³/mol. The first kappa shape index (κ1) is 46.1. The summed E-state index contributed by atoms with van der Waals surface area (Å²) in [5.74, 6) is 0. The molecule has 0 aromatic carbocycles. The molecule has 0 heterocycles. The van der Waals surface area contributed by atoms with Gasteiger partial charge in [-0.3, -0.25) is 0 Å². The smallest absolute Gasteiger partial charge is 0.452 e. The zero-order chi connectivity index (χ0) is 28.0. The topological polar surface area (TPSA) is 95.8 Å². The van der Waals surface area contributed by atoms with Crippen LogP contribution in [0.15, 0.2) is 0 Å². The molecule has 0 spiro atoms. The van der Waals surface area contributed by atoms with Crippen LogP contribution in [0.1, 0.15) is 111 Å². The van der Waals surface area contributed by atoms with E-state index >= 15 is 0 Å². The SMILES string of the molecule is CC(C)O.CC(C)O.CC(C)[O][Al]([O]C(C)C)[O]C(C)C.CC(C)[O][Al]([O]C(C)C)[O]C(C)C.[Co]. The Kier molecular flexibility index (Phi) is 39.3. The fraction of sp³-hybridized carbons (Fsp3) is 1.00. The first-order chi connectivity index (χ1) is 15.3. The molecule has 1 radical (unpaired) electrons. The zero-order valence-electron chi connectivity index (χ0n) is 25.5. The van der Waals surface area contributed by atoms with E-state index in [1.54, 1.807) is 27.7 Å². The molecule has 11 heteroatoms. The third-order valence-corrected chi connectivity index (χ3v) is 6.90. The molecule has 0 bridgehead atoms. The van der Waals surface area contributed by atoms with Crippen LogP contribution >= 0.6 is 0 Å². The number of aliphatic hydroxyl groups excluding tert-OH is 2. The average molecular weight is 588 g/mol. The molecule has 0 aliphatic carbocycles. The summed E-state index contributed by atoms with van der Waals surface area (Å²) >= 11 is -3.81. The van der Waals surface area contributed by atoms with Crippen molar-refractivity contribution in [3.63, 3.8) is 0 Å². The fourth-order valence-electron chi connectivity index (χ4n) is 1.53. The van der Waals surface area contributed by atoms with Crippen LogP contribution in [-0.2, 0) is 39.5 Å². The van der Waals surface area contributed by atoms with E-state index in [4.69, 9.17) is 32.9 Å². The van der Waals surface area contributed by atoms with Crippen molar-refractivity contribution < 1.29 is 49.7 Å². The molecule has 0 unspecified atom stereocenters. The first-order valence-electron chi connectivity index (χ1n) is 12.6. The summed E-state index contributed by atoms with van der Waals surface area (Å²) in [6, 6.07) is 0. The second kappa shape index (κ2) is 29.8. The Morgan fingerprint density at radius 2 is 0.429 bits per heavy atom. The van der Waals surface area contributed by atoms with Gasteiger partial charge in [-0.2, -0.15) is 0 Å². The number of hydrogen-bond donors (Lipinski definition) is 2. The van der Waals surface area contributed by atoms with Crippen LogP contribution in [0, 0.1) is 0 Å². The van der Waals surface area contributed by atoms with Crippen LogP contribution in [0.3, 0.4) is 0 Å². The van der Waals surface area contributed by atoms with Gasteiger partial charge in [-0.15, -0.1) is 0 Å². The van der Waals surface area contributed by atoms with Gasteiger partial charge in [0.15, 0.2) is 0 Å². The largest absolute Gasteiger partial charge is 0.906 e. The summed E-state index contributed by atoms with van der Waals surface area (Å²) in [4.78, 5) is 0. The normalized spacial score (nSPS) is 10.8. The van der Waals surface area contributed by atoms with Gasteiger partial charge in [0.1, 0.15) is 0 Å². The van der Waals surface area contributed by atoms with Gasteiger partial charge >= 0.3 is 30.3 Å². The number of rotatable bonds is 12. The molecule has 2 N–H and O–H groups in total. The molecule has 0 fully saturated rings. The van der Waals surface area contributed by atoms with E-state index in [2.05, 4.69) is 0 Å². The molecule has 0 rings (SSSR count). The molecule has 0 atom stereocenters. The summed E-state index contributed by atoms with van der Waals surface area (Å²) in [6.07, 6.45) is 0.718. The molecule has 217 valence electrons. The second-order valence-corrected chi connectivity index (χ2v) is 12.7. The minimum absolute atomic E-state index is 0. The van der Waals surface area contributed by atoms with Gasteiger partial charge in [-0.05, 0) is 111 Å². The Morgan fingerprint density at radius 3 is 0.486 bits per heavy atom. The summed E-state index contributed by atoms with van der Waals surface area (Å²) in [6.45, 7) is 30.8. The van der Waals surface area contributed by atoms with E-state index in [0.717, 1.165) is 0 Å². The quantitative estimate of drug-likeness (QED) is 0.299. The van der Waals surface area contributed by atoms with Crippen molar-refractivity contribution in [1.29, 1.82) is 0 Å². The minimum atomic E-state index is -1.91. The van der Waals surface area contributed by atoms with Gasteiger partial charge in [-0.1, -0.05) is 0 Å². The van der Waals surface area contributed by atoms with Crippen LogP contribution in [0.25, 0.3) is 0 Å². The molecule has 8 nitrogen and oxygen atoms in total. The maximum absolute atomic E-state index is 8.06. The molecule has 0 amide bonds. The maximum atomic E-state index is 8.06. The van der Waals surface area contributed by atoms with Gasteiger partial charge < -0.3 is 32.9 Å². The van der Waals surface area contributed by atoms with Gasteiger partial charge in [0, 0.05) is 65.6 Å². The summed E-state index contributed by atoms with van der Waals surface area (Å²) in [5, 5.41) is 16.1. The van der Waals surface area contributed by atoms with E-state index in [1.165, 1.54) is 0 Å². The first-order valence-corrected chi connectivity index (χ1v) is 15.4. The maximum Gasteiger partial charge on any atom is 0.906 e. The Bertz CT molecular complexity index is 311. The van der Waals surface area contributed by atoms with Crippen molar-refractivity contribution in [3.05, 3.63) is 0 Å². The Hall–Kier alpha value is 1.25. The molecule has 0 saturated heterocycles. The van der Waals surface area contributed by atoms with Crippen molar-refractivity contribution in [2.24, 2.45) is 0 Å². The van der Waals surface area contributed by atoms with Gasteiger partial charge in [0.25, 0.3) is 0 Å². The zero-order valence-corrected chi connectivity index (χ0v) is 28.8. The molecule has 0 aromatic heterocycles. The number of aliphatic hydroxyl groups is 2. The van der Waals surface area contributed by atoms with Gasteiger partial charge in [0.05, 0.1) is 0 Å². The van der Waals surface area contributed by atoms with Crippen molar-refractivity contribution >= 4 is 30.3 Å². The van der Waals surface area contributed by atoms with Crippen molar-refractivity contribution in [1.82, 2.24) is 0 Å². The van der Waals surface area contributed by atoms with E-state index in [-0.39, 0.29) is 65.6 Å². The second-order valence-electron chi connectivity index (χ2n) is 9.87. The Balaban J connectivity index is -0.000000128. The molecular formula is C24H58Al2CoO8. The Labute approximate surface area is 238 Å². The van der Waals surface area contributed by atoms with E-state index < -0.39 is 30.3 Å². The van der Waals surface area contributed by atoms with Crippen LogP contribution in [0.2, 0.25) is 0 Å².